The third-order valence-corrected chi connectivity index (χ3v) is 3.96. The summed E-state index contributed by atoms with van der Waals surface area (Å²) in [7, 11) is -3.49. The molecule has 0 unspecified atom stereocenters. The Morgan fingerprint density at radius 1 is 1.10 bits per heavy atom. The predicted octanol–water partition coefficient (Wildman–Crippen LogP) is 1.52. The molecule has 0 atom stereocenters. The van der Waals surface area contributed by atoms with E-state index < -0.39 is 10.0 Å². The van der Waals surface area contributed by atoms with Gasteiger partial charge in [-0.25, -0.2) is 13.1 Å². The van der Waals surface area contributed by atoms with Crippen LogP contribution in [0.1, 0.15) is 27.2 Å². The van der Waals surface area contributed by atoms with Crippen LogP contribution in [-0.4, -0.2) is 27.4 Å². The Morgan fingerprint density at radius 3 is 2.25 bits per heavy atom. The molecule has 0 aromatic heterocycles. The summed E-state index contributed by atoms with van der Waals surface area (Å²) in [6, 6.07) is 8.14. The van der Waals surface area contributed by atoms with Crippen LogP contribution in [-0.2, 0) is 14.8 Å². The summed E-state index contributed by atoms with van der Waals surface area (Å²) >= 11 is 0. The average molecular weight is 298 g/mol. The maximum Gasteiger partial charge on any atom is 0.240 e. The van der Waals surface area contributed by atoms with E-state index >= 15 is 0 Å². The first-order valence-electron chi connectivity index (χ1n) is 6.52. The van der Waals surface area contributed by atoms with Crippen molar-refractivity contribution < 1.29 is 13.2 Å². The van der Waals surface area contributed by atoms with Crippen LogP contribution in [0.25, 0.3) is 0 Å². The minimum atomic E-state index is -3.49. The Kier molecular flexibility index (Phi) is 5.71. The fraction of sp³-hybridized carbons (Fsp3) is 0.500. The first kappa shape index (κ1) is 16.7. The number of carbonyl (C=O) groups excluding carboxylic acids is 1. The summed E-state index contributed by atoms with van der Waals surface area (Å²) < 4.78 is 26.2. The first-order valence-corrected chi connectivity index (χ1v) is 8.00. The third kappa shape index (κ3) is 6.16. The van der Waals surface area contributed by atoms with E-state index in [4.69, 9.17) is 0 Å². The molecule has 0 bridgehead atoms. The molecule has 1 amide bonds. The topological polar surface area (TPSA) is 75.3 Å². The number of amides is 1. The van der Waals surface area contributed by atoms with Crippen LogP contribution in [0.15, 0.2) is 35.2 Å². The zero-order valence-electron chi connectivity index (χ0n) is 12.1. The molecule has 0 radical (unpaired) electrons. The summed E-state index contributed by atoms with van der Waals surface area (Å²) in [5.74, 6) is -0.0728. The molecule has 5 nitrogen and oxygen atoms in total. The second-order valence-corrected chi connectivity index (χ2v) is 7.57. The smallest absolute Gasteiger partial charge is 0.240 e. The molecular weight excluding hydrogens is 276 g/mol. The maximum atomic E-state index is 11.9. The molecule has 0 saturated carbocycles. The quantitative estimate of drug-likeness (QED) is 0.782. The van der Waals surface area contributed by atoms with E-state index in [0.717, 1.165) is 0 Å². The van der Waals surface area contributed by atoms with Crippen LogP contribution in [0, 0.1) is 5.41 Å². The molecule has 6 heteroatoms. The van der Waals surface area contributed by atoms with Gasteiger partial charge in [-0.05, 0) is 17.5 Å². The van der Waals surface area contributed by atoms with E-state index in [-0.39, 0.29) is 29.3 Å². The van der Waals surface area contributed by atoms with Gasteiger partial charge in [0.15, 0.2) is 0 Å². The Bertz CT molecular complexity index is 533. The summed E-state index contributed by atoms with van der Waals surface area (Å²) in [5, 5.41) is 2.70. The number of carbonyl (C=O) groups is 1. The maximum absolute atomic E-state index is 11.9. The van der Waals surface area contributed by atoms with Gasteiger partial charge in [0, 0.05) is 19.5 Å². The Balaban J connectivity index is 2.37. The zero-order chi connectivity index (χ0) is 15.2. The van der Waals surface area contributed by atoms with Gasteiger partial charge in [-0.2, -0.15) is 0 Å². The number of hydrogen-bond acceptors (Lipinski definition) is 3. The highest BCUT2D eigenvalue weighted by Crippen LogP contribution is 2.17. The SMILES string of the molecule is CC(C)(C)CC(=O)NCCNS(=O)(=O)c1ccccc1. The summed E-state index contributed by atoms with van der Waals surface area (Å²) in [6.07, 6.45) is 0.415. The van der Waals surface area contributed by atoms with E-state index in [9.17, 15) is 13.2 Å². The average Bonchev–Trinajstić information content (AvgIpc) is 2.34. The Morgan fingerprint density at radius 2 is 1.70 bits per heavy atom. The van der Waals surface area contributed by atoms with Gasteiger partial charge in [0.05, 0.1) is 4.90 Å². The van der Waals surface area contributed by atoms with Crippen molar-refractivity contribution in [3.63, 3.8) is 0 Å². The second-order valence-electron chi connectivity index (χ2n) is 5.80. The van der Waals surface area contributed by atoms with Gasteiger partial charge in [-0.1, -0.05) is 39.0 Å². The van der Waals surface area contributed by atoms with Crippen molar-refractivity contribution in [2.24, 2.45) is 5.41 Å². The number of nitrogens with one attached hydrogen (secondary N) is 2. The molecule has 0 aliphatic rings. The van der Waals surface area contributed by atoms with E-state index in [0.29, 0.717) is 6.42 Å². The van der Waals surface area contributed by atoms with E-state index in [1.165, 1.54) is 12.1 Å². The lowest BCUT2D eigenvalue weighted by molar-refractivity contribution is -0.122. The van der Waals surface area contributed by atoms with Gasteiger partial charge in [0.2, 0.25) is 15.9 Å². The van der Waals surface area contributed by atoms with Crippen LogP contribution in [0.3, 0.4) is 0 Å². The number of rotatable bonds is 6. The molecule has 0 aliphatic heterocycles. The lowest BCUT2D eigenvalue weighted by Crippen LogP contribution is -2.35. The molecule has 1 rings (SSSR count). The van der Waals surface area contributed by atoms with Crippen molar-refractivity contribution in [2.45, 2.75) is 32.1 Å². The van der Waals surface area contributed by atoms with Gasteiger partial charge < -0.3 is 5.32 Å². The molecule has 112 valence electrons. The fourth-order valence-corrected chi connectivity index (χ4v) is 2.67. The second kappa shape index (κ2) is 6.85. The molecule has 2 N–H and O–H groups in total. The van der Waals surface area contributed by atoms with Crippen molar-refractivity contribution in [3.05, 3.63) is 30.3 Å². The summed E-state index contributed by atoms with van der Waals surface area (Å²) in [4.78, 5) is 11.8. The molecule has 20 heavy (non-hydrogen) atoms. The van der Waals surface area contributed by atoms with Crippen molar-refractivity contribution in [1.29, 1.82) is 0 Å². The molecule has 0 aliphatic carbocycles. The largest absolute Gasteiger partial charge is 0.355 e. The number of hydrogen-bond donors (Lipinski definition) is 2. The van der Waals surface area contributed by atoms with Crippen molar-refractivity contribution in [1.82, 2.24) is 10.0 Å². The van der Waals surface area contributed by atoms with Crippen molar-refractivity contribution in [2.75, 3.05) is 13.1 Å². The van der Waals surface area contributed by atoms with E-state index in [2.05, 4.69) is 10.0 Å². The minimum Gasteiger partial charge on any atom is -0.355 e. The lowest BCUT2D eigenvalue weighted by atomic mass is 9.92. The number of sulfonamides is 1. The van der Waals surface area contributed by atoms with Crippen LogP contribution >= 0.6 is 0 Å². The van der Waals surface area contributed by atoms with Gasteiger partial charge in [-0.15, -0.1) is 0 Å². The van der Waals surface area contributed by atoms with Crippen LogP contribution in [0.5, 0.6) is 0 Å². The predicted molar refractivity (Wildman–Crippen MR) is 78.7 cm³/mol. The van der Waals surface area contributed by atoms with Crippen LogP contribution in [0.2, 0.25) is 0 Å². The lowest BCUT2D eigenvalue weighted by Gasteiger charge is -2.17. The zero-order valence-corrected chi connectivity index (χ0v) is 13.0. The van der Waals surface area contributed by atoms with Crippen LogP contribution in [0.4, 0.5) is 0 Å². The van der Waals surface area contributed by atoms with Crippen LogP contribution < -0.4 is 10.0 Å². The highest BCUT2D eigenvalue weighted by atomic mass is 32.2. The standard InChI is InChI=1S/C14H22N2O3S/c1-14(2,3)11-13(17)15-9-10-16-20(18,19)12-7-5-4-6-8-12/h4-8,16H,9-11H2,1-3H3,(H,15,17). The Labute approximate surface area is 120 Å². The van der Waals surface area contributed by atoms with Gasteiger partial charge in [-0.3, -0.25) is 4.79 Å². The van der Waals surface area contributed by atoms with Gasteiger partial charge >= 0.3 is 0 Å². The van der Waals surface area contributed by atoms with E-state index in [1.807, 2.05) is 20.8 Å². The molecule has 0 fully saturated rings. The molecule has 1 aromatic rings. The highest BCUT2D eigenvalue weighted by molar-refractivity contribution is 7.89. The molecular formula is C14H22N2O3S. The summed E-state index contributed by atoms with van der Waals surface area (Å²) in [6.45, 7) is 6.38. The third-order valence-electron chi connectivity index (χ3n) is 2.48. The normalized spacial score (nSPS) is 12.2. The van der Waals surface area contributed by atoms with Gasteiger partial charge in [0.25, 0.3) is 0 Å². The monoisotopic (exact) mass is 298 g/mol. The molecule has 0 spiro atoms. The van der Waals surface area contributed by atoms with Crippen molar-refractivity contribution >= 4 is 15.9 Å². The first-order chi connectivity index (χ1) is 9.21. The minimum absolute atomic E-state index is 0.0728. The molecule has 0 saturated heterocycles. The molecule has 0 heterocycles. The van der Waals surface area contributed by atoms with Gasteiger partial charge in [0.1, 0.15) is 0 Å². The van der Waals surface area contributed by atoms with Crippen molar-refractivity contribution in [3.8, 4) is 0 Å². The Hall–Kier alpha value is -1.40. The number of benzene rings is 1. The highest BCUT2D eigenvalue weighted by Gasteiger charge is 2.16. The van der Waals surface area contributed by atoms with E-state index in [1.54, 1.807) is 18.2 Å². The fourth-order valence-electron chi connectivity index (χ4n) is 1.61. The summed E-state index contributed by atoms with van der Waals surface area (Å²) in [5.41, 5.74) is -0.0758. The molecule has 1 aromatic carbocycles.